The third kappa shape index (κ3) is 3.49. The number of morpholine rings is 1. The van der Waals surface area contributed by atoms with E-state index in [-0.39, 0.29) is 0 Å². The lowest BCUT2D eigenvalue weighted by Gasteiger charge is -2.27. The SMILES string of the molecule is c1cc(-c2nc(-c3ccc4c(c3)CCCC4)cs2)cc(N2CCOCC2)n1. The Hall–Kier alpha value is -2.24. The van der Waals surface area contributed by atoms with Crippen LogP contribution in [0, 0.1) is 0 Å². The summed E-state index contributed by atoms with van der Waals surface area (Å²) in [6.07, 6.45) is 6.94. The van der Waals surface area contributed by atoms with Gasteiger partial charge in [0.25, 0.3) is 0 Å². The van der Waals surface area contributed by atoms with E-state index in [4.69, 9.17) is 9.72 Å². The lowest BCUT2D eigenvalue weighted by Crippen LogP contribution is -2.36. The Balaban J connectivity index is 1.42. The molecule has 5 heteroatoms. The van der Waals surface area contributed by atoms with Crippen LogP contribution < -0.4 is 4.90 Å². The third-order valence-electron chi connectivity index (χ3n) is 5.48. The Kier molecular flexibility index (Phi) is 4.64. The van der Waals surface area contributed by atoms with E-state index in [2.05, 4.69) is 45.6 Å². The number of thiazole rings is 1. The van der Waals surface area contributed by atoms with E-state index in [9.17, 15) is 0 Å². The molecule has 1 fully saturated rings. The van der Waals surface area contributed by atoms with E-state index >= 15 is 0 Å². The first-order chi connectivity index (χ1) is 13.4. The van der Waals surface area contributed by atoms with Crippen LogP contribution in [0.1, 0.15) is 24.0 Å². The highest BCUT2D eigenvalue weighted by molar-refractivity contribution is 7.13. The molecule has 4 nitrogen and oxygen atoms in total. The maximum absolute atomic E-state index is 5.45. The molecule has 1 aliphatic carbocycles. The van der Waals surface area contributed by atoms with Crippen LogP contribution in [0.3, 0.4) is 0 Å². The summed E-state index contributed by atoms with van der Waals surface area (Å²) in [5.74, 6) is 1.02. The summed E-state index contributed by atoms with van der Waals surface area (Å²) < 4.78 is 5.45. The number of rotatable bonds is 3. The van der Waals surface area contributed by atoms with E-state index < -0.39 is 0 Å². The number of benzene rings is 1. The molecule has 0 N–H and O–H groups in total. The van der Waals surface area contributed by atoms with Crippen LogP contribution in [0.2, 0.25) is 0 Å². The monoisotopic (exact) mass is 377 g/mol. The topological polar surface area (TPSA) is 38.2 Å². The number of ether oxygens (including phenoxy) is 1. The quantitative estimate of drug-likeness (QED) is 0.669. The minimum Gasteiger partial charge on any atom is -0.378 e. The summed E-state index contributed by atoms with van der Waals surface area (Å²) >= 11 is 1.71. The van der Waals surface area contributed by atoms with Gasteiger partial charge in [-0.3, -0.25) is 0 Å². The minimum absolute atomic E-state index is 0.769. The molecule has 5 rings (SSSR count). The van der Waals surface area contributed by atoms with Crippen LogP contribution in [0.25, 0.3) is 21.8 Å². The highest BCUT2D eigenvalue weighted by Crippen LogP contribution is 2.32. The summed E-state index contributed by atoms with van der Waals surface area (Å²) in [5, 5.41) is 3.23. The summed E-state index contributed by atoms with van der Waals surface area (Å²) in [4.78, 5) is 11.8. The van der Waals surface area contributed by atoms with Crippen molar-refractivity contribution in [2.45, 2.75) is 25.7 Å². The van der Waals surface area contributed by atoms with Crippen LogP contribution in [-0.2, 0) is 17.6 Å². The molecule has 1 aromatic carbocycles. The molecule has 1 aliphatic heterocycles. The maximum Gasteiger partial charge on any atom is 0.129 e. The Morgan fingerprint density at radius 2 is 1.78 bits per heavy atom. The second kappa shape index (κ2) is 7.41. The Morgan fingerprint density at radius 1 is 0.926 bits per heavy atom. The van der Waals surface area contributed by atoms with Crippen LogP contribution in [0.5, 0.6) is 0 Å². The first-order valence-electron chi connectivity index (χ1n) is 9.74. The zero-order valence-electron chi connectivity index (χ0n) is 15.4. The highest BCUT2D eigenvalue weighted by atomic mass is 32.1. The molecule has 0 atom stereocenters. The van der Waals surface area contributed by atoms with Crippen molar-refractivity contribution >= 4 is 17.2 Å². The zero-order chi connectivity index (χ0) is 18.1. The molecule has 0 amide bonds. The third-order valence-corrected chi connectivity index (χ3v) is 6.37. The molecule has 1 saturated heterocycles. The van der Waals surface area contributed by atoms with Crippen molar-refractivity contribution in [3.05, 3.63) is 53.0 Å². The lowest BCUT2D eigenvalue weighted by atomic mass is 9.90. The van der Waals surface area contributed by atoms with Gasteiger partial charge in [-0.2, -0.15) is 0 Å². The molecule has 0 unspecified atom stereocenters. The van der Waals surface area contributed by atoms with Crippen molar-refractivity contribution in [2.75, 3.05) is 31.2 Å². The Bertz CT molecular complexity index is 946. The number of anilines is 1. The molecule has 27 heavy (non-hydrogen) atoms. The fourth-order valence-electron chi connectivity index (χ4n) is 3.95. The van der Waals surface area contributed by atoms with E-state index in [1.54, 1.807) is 11.3 Å². The van der Waals surface area contributed by atoms with Crippen molar-refractivity contribution < 1.29 is 4.74 Å². The van der Waals surface area contributed by atoms with E-state index in [1.165, 1.54) is 42.4 Å². The number of nitrogens with zero attached hydrogens (tertiary/aromatic N) is 3. The predicted molar refractivity (Wildman–Crippen MR) is 110 cm³/mol. The fraction of sp³-hybridized carbons (Fsp3) is 0.364. The van der Waals surface area contributed by atoms with Crippen LogP contribution in [0.15, 0.2) is 41.9 Å². The fourth-order valence-corrected chi connectivity index (χ4v) is 4.77. The van der Waals surface area contributed by atoms with Gasteiger partial charge in [0.05, 0.1) is 18.9 Å². The van der Waals surface area contributed by atoms with Gasteiger partial charge in [0.2, 0.25) is 0 Å². The number of pyridine rings is 1. The van der Waals surface area contributed by atoms with Crippen molar-refractivity contribution in [3.8, 4) is 21.8 Å². The number of aromatic nitrogens is 2. The number of hydrogen-bond acceptors (Lipinski definition) is 5. The van der Waals surface area contributed by atoms with Gasteiger partial charge in [-0.25, -0.2) is 9.97 Å². The first kappa shape index (κ1) is 16.9. The molecule has 138 valence electrons. The van der Waals surface area contributed by atoms with Gasteiger partial charge in [-0.15, -0.1) is 11.3 Å². The average molecular weight is 378 g/mol. The van der Waals surface area contributed by atoms with Gasteiger partial charge in [-0.05, 0) is 55.0 Å². The number of aryl methyl sites for hydroxylation is 2. The normalized spacial score (nSPS) is 17.0. The lowest BCUT2D eigenvalue weighted by molar-refractivity contribution is 0.122. The molecular formula is C22H23N3OS. The maximum atomic E-state index is 5.45. The van der Waals surface area contributed by atoms with Crippen LogP contribution in [-0.4, -0.2) is 36.3 Å². The van der Waals surface area contributed by atoms with Crippen molar-refractivity contribution in [1.29, 1.82) is 0 Å². The van der Waals surface area contributed by atoms with Gasteiger partial charge in [0, 0.05) is 35.8 Å². The molecule has 0 bridgehead atoms. The summed E-state index contributed by atoms with van der Waals surface area (Å²) in [7, 11) is 0. The largest absolute Gasteiger partial charge is 0.378 e. The standard InChI is InChI=1S/C22H23N3OS/c1-2-4-17-13-18(6-5-16(17)3-1)20-15-27-22(24-20)19-7-8-23-21(14-19)25-9-11-26-12-10-25/h5-8,13-15H,1-4,9-12H2. The van der Waals surface area contributed by atoms with E-state index in [0.29, 0.717) is 0 Å². The minimum atomic E-state index is 0.769. The number of fused-ring (bicyclic) bond motifs is 1. The van der Waals surface area contributed by atoms with Gasteiger partial charge < -0.3 is 9.64 Å². The highest BCUT2D eigenvalue weighted by Gasteiger charge is 2.15. The van der Waals surface area contributed by atoms with Crippen molar-refractivity contribution in [3.63, 3.8) is 0 Å². The van der Waals surface area contributed by atoms with E-state index in [1.807, 2.05) is 6.20 Å². The van der Waals surface area contributed by atoms with Gasteiger partial charge in [-0.1, -0.05) is 12.1 Å². The second-order valence-electron chi connectivity index (χ2n) is 7.23. The van der Waals surface area contributed by atoms with Gasteiger partial charge in [0.1, 0.15) is 10.8 Å². The molecule has 0 saturated carbocycles. The molecule has 3 heterocycles. The van der Waals surface area contributed by atoms with E-state index in [0.717, 1.165) is 48.4 Å². The predicted octanol–water partition coefficient (Wildman–Crippen LogP) is 4.59. The zero-order valence-corrected chi connectivity index (χ0v) is 16.2. The molecule has 2 aliphatic rings. The molecular weight excluding hydrogens is 354 g/mol. The molecule has 0 radical (unpaired) electrons. The van der Waals surface area contributed by atoms with Crippen molar-refractivity contribution in [1.82, 2.24) is 9.97 Å². The smallest absolute Gasteiger partial charge is 0.129 e. The Morgan fingerprint density at radius 3 is 2.67 bits per heavy atom. The molecule has 2 aromatic heterocycles. The summed E-state index contributed by atoms with van der Waals surface area (Å²) in [5.41, 5.74) is 6.48. The summed E-state index contributed by atoms with van der Waals surface area (Å²) in [6, 6.07) is 11.1. The summed E-state index contributed by atoms with van der Waals surface area (Å²) in [6.45, 7) is 3.33. The van der Waals surface area contributed by atoms with Crippen LogP contribution >= 0.6 is 11.3 Å². The van der Waals surface area contributed by atoms with Gasteiger partial charge >= 0.3 is 0 Å². The average Bonchev–Trinajstić information content (AvgIpc) is 3.24. The molecule has 0 spiro atoms. The second-order valence-corrected chi connectivity index (χ2v) is 8.09. The Labute approximate surface area is 163 Å². The molecule has 3 aromatic rings. The number of hydrogen-bond donors (Lipinski definition) is 0. The van der Waals surface area contributed by atoms with Crippen LogP contribution in [0.4, 0.5) is 5.82 Å². The van der Waals surface area contributed by atoms with Crippen molar-refractivity contribution in [2.24, 2.45) is 0 Å². The first-order valence-corrected chi connectivity index (χ1v) is 10.6. The van der Waals surface area contributed by atoms with Gasteiger partial charge in [0.15, 0.2) is 0 Å².